The van der Waals surface area contributed by atoms with E-state index in [-0.39, 0.29) is 12.5 Å². The number of hydrogen-bond donors (Lipinski definition) is 2. The van der Waals surface area contributed by atoms with Gasteiger partial charge in [-0.1, -0.05) is 29.8 Å². The summed E-state index contributed by atoms with van der Waals surface area (Å²) in [7, 11) is 0. The van der Waals surface area contributed by atoms with E-state index in [0.29, 0.717) is 23.7 Å². The molecule has 0 aliphatic heterocycles. The van der Waals surface area contributed by atoms with Crippen LogP contribution in [0.1, 0.15) is 28.4 Å². The molecule has 6 nitrogen and oxygen atoms in total. The number of hydrogen-bond acceptors (Lipinski definition) is 4. The molecule has 0 heterocycles. The molecule has 2 amide bonds. The van der Waals surface area contributed by atoms with E-state index in [1.165, 1.54) is 0 Å². The summed E-state index contributed by atoms with van der Waals surface area (Å²) < 4.78 is 10.9. The SMILES string of the molecule is CCOc1ccccc1OCC(=O)NNC(=O)c1ccc(C)cc1C. The molecule has 0 spiro atoms. The molecule has 0 unspecified atom stereocenters. The monoisotopic (exact) mass is 342 g/mol. The van der Waals surface area contributed by atoms with Crippen LogP contribution < -0.4 is 20.3 Å². The molecule has 2 aromatic carbocycles. The summed E-state index contributed by atoms with van der Waals surface area (Å²) in [6, 6.07) is 12.6. The Morgan fingerprint density at radius 3 is 2.28 bits per heavy atom. The van der Waals surface area contributed by atoms with Gasteiger partial charge in [0.1, 0.15) is 0 Å². The van der Waals surface area contributed by atoms with Crippen LogP contribution in [0.15, 0.2) is 42.5 Å². The molecule has 25 heavy (non-hydrogen) atoms. The average Bonchev–Trinajstić information content (AvgIpc) is 2.59. The van der Waals surface area contributed by atoms with E-state index in [4.69, 9.17) is 9.47 Å². The lowest BCUT2D eigenvalue weighted by molar-refractivity contribution is -0.123. The average molecular weight is 342 g/mol. The van der Waals surface area contributed by atoms with Crippen LogP contribution in [0.3, 0.4) is 0 Å². The van der Waals surface area contributed by atoms with Gasteiger partial charge in [0.25, 0.3) is 11.8 Å². The first-order valence-corrected chi connectivity index (χ1v) is 8.02. The third-order valence-corrected chi connectivity index (χ3v) is 3.45. The molecule has 0 fully saturated rings. The summed E-state index contributed by atoms with van der Waals surface area (Å²) in [5.41, 5.74) is 7.14. The second-order valence-electron chi connectivity index (χ2n) is 5.49. The number of rotatable bonds is 6. The number of para-hydroxylation sites is 2. The first-order valence-electron chi connectivity index (χ1n) is 8.02. The minimum atomic E-state index is -0.468. The lowest BCUT2D eigenvalue weighted by Crippen LogP contribution is -2.44. The molecule has 0 saturated heterocycles. The fraction of sp³-hybridized carbons (Fsp3) is 0.263. The molecule has 0 aliphatic carbocycles. The summed E-state index contributed by atoms with van der Waals surface area (Å²) in [5, 5.41) is 0. The topological polar surface area (TPSA) is 76.7 Å². The number of hydrazine groups is 1. The molecule has 0 atom stereocenters. The van der Waals surface area contributed by atoms with Gasteiger partial charge in [0, 0.05) is 5.56 Å². The Bertz CT molecular complexity index is 759. The highest BCUT2D eigenvalue weighted by atomic mass is 16.5. The predicted octanol–water partition coefficient (Wildman–Crippen LogP) is 2.54. The van der Waals surface area contributed by atoms with Crippen LogP contribution in [0.5, 0.6) is 11.5 Å². The molecule has 6 heteroatoms. The van der Waals surface area contributed by atoms with E-state index in [2.05, 4.69) is 10.9 Å². The molecule has 0 saturated carbocycles. The highest BCUT2D eigenvalue weighted by Crippen LogP contribution is 2.26. The predicted molar refractivity (Wildman–Crippen MR) is 94.6 cm³/mol. The van der Waals surface area contributed by atoms with Gasteiger partial charge in [0.2, 0.25) is 0 Å². The Hall–Kier alpha value is -3.02. The van der Waals surface area contributed by atoms with Crippen LogP contribution in [-0.2, 0) is 4.79 Å². The largest absolute Gasteiger partial charge is 0.490 e. The first-order chi connectivity index (χ1) is 12.0. The fourth-order valence-electron chi connectivity index (χ4n) is 2.29. The van der Waals surface area contributed by atoms with Crippen molar-refractivity contribution in [1.29, 1.82) is 0 Å². The zero-order chi connectivity index (χ0) is 18.2. The number of nitrogens with one attached hydrogen (secondary N) is 2. The highest BCUT2D eigenvalue weighted by Gasteiger charge is 2.11. The minimum absolute atomic E-state index is 0.239. The third kappa shape index (κ3) is 5.24. The van der Waals surface area contributed by atoms with E-state index in [1.807, 2.05) is 39.0 Å². The molecule has 2 aromatic rings. The normalized spacial score (nSPS) is 10.0. The van der Waals surface area contributed by atoms with Gasteiger partial charge in [0.15, 0.2) is 18.1 Å². The van der Waals surface area contributed by atoms with Crippen LogP contribution in [0.2, 0.25) is 0 Å². The quantitative estimate of drug-likeness (QED) is 0.791. The maximum atomic E-state index is 12.1. The fourth-order valence-corrected chi connectivity index (χ4v) is 2.29. The Morgan fingerprint density at radius 2 is 1.64 bits per heavy atom. The Morgan fingerprint density at radius 1 is 0.960 bits per heavy atom. The van der Waals surface area contributed by atoms with E-state index >= 15 is 0 Å². The van der Waals surface area contributed by atoms with Gasteiger partial charge in [-0.25, -0.2) is 0 Å². The lowest BCUT2D eigenvalue weighted by atomic mass is 10.1. The van der Waals surface area contributed by atoms with Crippen LogP contribution in [-0.4, -0.2) is 25.0 Å². The molecule has 132 valence electrons. The smallest absolute Gasteiger partial charge is 0.276 e. The summed E-state index contributed by atoms with van der Waals surface area (Å²) in [5.74, 6) is 0.197. The number of benzene rings is 2. The van der Waals surface area contributed by atoms with Crippen molar-refractivity contribution in [2.24, 2.45) is 0 Å². The zero-order valence-corrected chi connectivity index (χ0v) is 14.6. The van der Waals surface area contributed by atoms with Gasteiger partial charge in [0.05, 0.1) is 6.61 Å². The number of ether oxygens (including phenoxy) is 2. The number of carbonyl (C=O) groups excluding carboxylic acids is 2. The summed E-state index contributed by atoms with van der Waals surface area (Å²) in [6.07, 6.45) is 0. The minimum Gasteiger partial charge on any atom is -0.490 e. The molecule has 0 bridgehead atoms. The van der Waals surface area contributed by atoms with Crippen LogP contribution >= 0.6 is 0 Å². The van der Waals surface area contributed by atoms with E-state index < -0.39 is 5.91 Å². The van der Waals surface area contributed by atoms with Gasteiger partial charge in [-0.3, -0.25) is 20.4 Å². The lowest BCUT2D eigenvalue weighted by Gasteiger charge is -2.12. The Labute approximate surface area is 147 Å². The molecule has 2 N–H and O–H groups in total. The molecular formula is C19H22N2O4. The van der Waals surface area contributed by atoms with Gasteiger partial charge in [-0.05, 0) is 44.5 Å². The maximum absolute atomic E-state index is 12.1. The van der Waals surface area contributed by atoms with E-state index in [9.17, 15) is 9.59 Å². The number of carbonyl (C=O) groups is 2. The second kappa shape index (κ2) is 8.73. The molecule has 0 aliphatic rings. The summed E-state index contributed by atoms with van der Waals surface area (Å²) in [6.45, 7) is 5.92. The van der Waals surface area contributed by atoms with Crippen LogP contribution in [0, 0.1) is 13.8 Å². The van der Waals surface area contributed by atoms with Crippen LogP contribution in [0.4, 0.5) is 0 Å². The third-order valence-electron chi connectivity index (χ3n) is 3.45. The summed E-state index contributed by atoms with van der Waals surface area (Å²) >= 11 is 0. The van der Waals surface area contributed by atoms with Crippen molar-refractivity contribution in [1.82, 2.24) is 10.9 Å². The van der Waals surface area contributed by atoms with Crippen molar-refractivity contribution in [3.8, 4) is 11.5 Å². The highest BCUT2D eigenvalue weighted by molar-refractivity contribution is 5.96. The maximum Gasteiger partial charge on any atom is 0.276 e. The Kier molecular flexibility index (Phi) is 6.39. The van der Waals surface area contributed by atoms with Crippen molar-refractivity contribution in [3.63, 3.8) is 0 Å². The summed E-state index contributed by atoms with van der Waals surface area (Å²) in [4.78, 5) is 24.0. The van der Waals surface area contributed by atoms with Gasteiger partial charge in [-0.2, -0.15) is 0 Å². The second-order valence-corrected chi connectivity index (χ2v) is 5.49. The first kappa shape index (κ1) is 18.3. The van der Waals surface area contributed by atoms with E-state index in [1.54, 1.807) is 24.3 Å². The number of amides is 2. The molecular weight excluding hydrogens is 320 g/mol. The Balaban J connectivity index is 1.86. The van der Waals surface area contributed by atoms with Crippen molar-refractivity contribution in [2.45, 2.75) is 20.8 Å². The van der Waals surface area contributed by atoms with Gasteiger partial charge >= 0.3 is 0 Å². The molecule has 0 aromatic heterocycles. The van der Waals surface area contributed by atoms with Gasteiger partial charge < -0.3 is 9.47 Å². The molecule has 0 radical (unpaired) electrons. The zero-order valence-electron chi connectivity index (χ0n) is 14.6. The van der Waals surface area contributed by atoms with Crippen LogP contribution in [0.25, 0.3) is 0 Å². The number of aryl methyl sites for hydroxylation is 2. The van der Waals surface area contributed by atoms with Gasteiger partial charge in [-0.15, -0.1) is 0 Å². The standard InChI is InChI=1S/C19H22N2O4/c1-4-24-16-7-5-6-8-17(16)25-12-18(22)20-21-19(23)15-10-9-13(2)11-14(15)3/h5-11H,4,12H2,1-3H3,(H,20,22)(H,21,23). The molecule has 2 rings (SSSR count). The van der Waals surface area contributed by atoms with Crippen molar-refractivity contribution >= 4 is 11.8 Å². The van der Waals surface area contributed by atoms with Crippen molar-refractivity contribution in [2.75, 3.05) is 13.2 Å². The van der Waals surface area contributed by atoms with Crippen molar-refractivity contribution < 1.29 is 19.1 Å². The van der Waals surface area contributed by atoms with E-state index in [0.717, 1.165) is 11.1 Å². The van der Waals surface area contributed by atoms with Crippen molar-refractivity contribution in [3.05, 3.63) is 59.2 Å².